The second-order valence-electron chi connectivity index (χ2n) is 9.47. The molecule has 36 heavy (non-hydrogen) atoms. The molecule has 2 amide bonds. The summed E-state index contributed by atoms with van der Waals surface area (Å²) in [7, 11) is 3.26. The van der Waals surface area contributed by atoms with Gasteiger partial charge in [0.2, 0.25) is 5.91 Å². The molecule has 1 fully saturated rings. The Balaban J connectivity index is 1.70. The number of nitrogens with zero attached hydrogens (tertiary/aromatic N) is 2. The average Bonchev–Trinajstić information content (AvgIpc) is 3.28. The predicted octanol–water partition coefficient (Wildman–Crippen LogP) is 3.64. The van der Waals surface area contributed by atoms with E-state index in [9.17, 15) is 9.59 Å². The molecule has 0 bridgehead atoms. The number of aromatic amines is 1. The lowest BCUT2D eigenvalue weighted by Gasteiger charge is -2.51. The molecular formula is C28H33N3O5. The maximum Gasteiger partial charge on any atom is 0.254 e. The van der Waals surface area contributed by atoms with Gasteiger partial charge in [-0.05, 0) is 38.0 Å². The van der Waals surface area contributed by atoms with Crippen LogP contribution >= 0.6 is 0 Å². The van der Waals surface area contributed by atoms with Gasteiger partial charge in [0.15, 0.2) is 17.0 Å². The van der Waals surface area contributed by atoms with Crippen molar-refractivity contribution < 1.29 is 23.8 Å². The van der Waals surface area contributed by atoms with E-state index >= 15 is 0 Å². The van der Waals surface area contributed by atoms with Crippen LogP contribution in [0.2, 0.25) is 0 Å². The van der Waals surface area contributed by atoms with Crippen molar-refractivity contribution in [1.29, 1.82) is 0 Å². The Morgan fingerprint density at radius 2 is 1.92 bits per heavy atom. The first-order chi connectivity index (χ1) is 17.4. The standard InChI is InChI=1S/C28H33N3O5/c1-5-36-25-18(11-8-13-22(25)35-4)20-16-31-23(32)17-30(14-9-15-34-3)27(33)28(31,2)26-24(20)19-10-6-7-12-21(19)29-26/h6-8,10-13,20,29H,5,9,14-17H2,1-4H3/t20-,28+/m1/s1. The van der Waals surface area contributed by atoms with Crippen molar-refractivity contribution >= 4 is 22.7 Å². The molecule has 3 heterocycles. The van der Waals surface area contributed by atoms with Gasteiger partial charge in [-0.1, -0.05) is 30.3 Å². The molecule has 0 aliphatic carbocycles. The summed E-state index contributed by atoms with van der Waals surface area (Å²) in [6.07, 6.45) is 0.676. The SMILES string of the molecule is CCOc1c(OC)cccc1[C@H]1CN2C(=O)CN(CCCOC)C(=O)[C@]2(C)c2[nH]c3ccccc3c21. The first-order valence-corrected chi connectivity index (χ1v) is 12.4. The third-order valence-corrected chi connectivity index (χ3v) is 7.49. The third kappa shape index (κ3) is 3.63. The van der Waals surface area contributed by atoms with E-state index in [2.05, 4.69) is 11.1 Å². The van der Waals surface area contributed by atoms with E-state index in [1.165, 1.54) is 0 Å². The van der Waals surface area contributed by atoms with Crippen LogP contribution in [0.5, 0.6) is 11.5 Å². The number of ether oxygens (including phenoxy) is 3. The van der Waals surface area contributed by atoms with Crippen LogP contribution in [0, 0.1) is 0 Å². The van der Waals surface area contributed by atoms with Gasteiger partial charge in [-0.3, -0.25) is 9.59 Å². The molecule has 1 aromatic heterocycles. The number of aromatic nitrogens is 1. The minimum atomic E-state index is -1.13. The molecule has 1 N–H and O–H groups in total. The van der Waals surface area contributed by atoms with E-state index in [0.717, 1.165) is 27.7 Å². The van der Waals surface area contributed by atoms with Crippen LogP contribution < -0.4 is 9.47 Å². The summed E-state index contributed by atoms with van der Waals surface area (Å²) in [5, 5.41) is 1.04. The van der Waals surface area contributed by atoms with Crippen LogP contribution in [0.25, 0.3) is 10.9 Å². The maximum absolute atomic E-state index is 14.0. The molecule has 8 nitrogen and oxygen atoms in total. The first-order valence-electron chi connectivity index (χ1n) is 12.4. The van der Waals surface area contributed by atoms with Gasteiger partial charge < -0.3 is 29.0 Å². The van der Waals surface area contributed by atoms with Gasteiger partial charge in [-0.25, -0.2) is 0 Å². The summed E-state index contributed by atoms with van der Waals surface area (Å²) < 4.78 is 16.9. The molecule has 0 spiro atoms. The number of hydrogen-bond donors (Lipinski definition) is 1. The molecule has 0 radical (unpaired) electrons. The number of methoxy groups -OCH3 is 2. The summed E-state index contributed by atoms with van der Waals surface area (Å²) in [5.74, 6) is 0.987. The number of H-pyrrole nitrogens is 1. The van der Waals surface area contributed by atoms with E-state index in [-0.39, 0.29) is 24.3 Å². The number of carbonyl (C=O) groups excluding carboxylic acids is 2. The molecule has 2 aliphatic rings. The molecule has 0 unspecified atom stereocenters. The summed E-state index contributed by atoms with van der Waals surface area (Å²) in [6, 6.07) is 13.9. The van der Waals surface area contributed by atoms with Crippen molar-refractivity contribution in [2.24, 2.45) is 0 Å². The zero-order valence-electron chi connectivity index (χ0n) is 21.3. The van der Waals surface area contributed by atoms with Crippen molar-refractivity contribution in [1.82, 2.24) is 14.8 Å². The number of piperazine rings is 1. The molecule has 3 aromatic rings. The average molecular weight is 492 g/mol. The molecule has 1 saturated heterocycles. The van der Waals surface area contributed by atoms with E-state index in [0.29, 0.717) is 44.2 Å². The number of fused-ring (bicyclic) bond motifs is 5. The zero-order chi connectivity index (χ0) is 25.4. The highest BCUT2D eigenvalue weighted by atomic mass is 16.5. The fraction of sp³-hybridized carbons (Fsp3) is 0.429. The Morgan fingerprint density at radius 1 is 1.11 bits per heavy atom. The number of benzene rings is 2. The number of rotatable bonds is 8. The largest absolute Gasteiger partial charge is 0.493 e. The van der Waals surface area contributed by atoms with E-state index in [1.807, 2.05) is 50.2 Å². The van der Waals surface area contributed by atoms with Gasteiger partial charge in [0.25, 0.3) is 5.91 Å². The number of hydrogen-bond acceptors (Lipinski definition) is 5. The van der Waals surface area contributed by atoms with Crippen LogP contribution in [0.15, 0.2) is 42.5 Å². The molecule has 190 valence electrons. The van der Waals surface area contributed by atoms with Crippen LogP contribution in [0.4, 0.5) is 0 Å². The van der Waals surface area contributed by atoms with Crippen molar-refractivity contribution in [2.45, 2.75) is 31.7 Å². The van der Waals surface area contributed by atoms with Crippen molar-refractivity contribution in [3.8, 4) is 11.5 Å². The summed E-state index contributed by atoms with van der Waals surface area (Å²) in [5.41, 5.74) is 2.54. The normalized spacial score (nSPS) is 21.5. The topological polar surface area (TPSA) is 84.1 Å². The number of para-hydroxylation sites is 2. The van der Waals surface area contributed by atoms with Crippen molar-refractivity contribution in [3.63, 3.8) is 0 Å². The van der Waals surface area contributed by atoms with Crippen molar-refractivity contribution in [3.05, 3.63) is 59.3 Å². The quantitative estimate of drug-likeness (QED) is 0.487. The van der Waals surface area contributed by atoms with Crippen LogP contribution in [0.1, 0.15) is 43.0 Å². The highest BCUT2D eigenvalue weighted by Crippen LogP contribution is 2.50. The number of amides is 2. The second-order valence-corrected chi connectivity index (χ2v) is 9.47. The Hall–Kier alpha value is -3.52. The van der Waals surface area contributed by atoms with Crippen LogP contribution in [0.3, 0.4) is 0 Å². The van der Waals surface area contributed by atoms with Gasteiger partial charge in [-0.2, -0.15) is 0 Å². The summed E-state index contributed by atoms with van der Waals surface area (Å²) >= 11 is 0. The van der Waals surface area contributed by atoms with E-state index in [4.69, 9.17) is 14.2 Å². The van der Waals surface area contributed by atoms with Gasteiger partial charge in [0.1, 0.15) is 0 Å². The smallest absolute Gasteiger partial charge is 0.254 e. The molecule has 0 saturated carbocycles. The van der Waals surface area contributed by atoms with E-state index < -0.39 is 5.54 Å². The van der Waals surface area contributed by atoms with Crippen molar-refractivity contribution in [2.75, 3.05) is 47.1 Å². The Labute approximate surface area is 211 Å². The number of carbonyl (C=O) groups is 2. The molecule has 5 rings (SSSR count). The monoisotopic (exact) mass is 491 g/mol. The predicted molar refractivity (Wildman–Crippen MR) is 136 cm³/mol. The fourth-order valence-electron chi connectivity index (χ4n) is 5.80. The molecule has 2 atom stereocenters. The highest BCUT2D eigenvalue weighted by molar-refractivity contribution is 6.01. The molecular weight excluding hydrogens is 458 g/mol. The van der Waals surface area contributed by atoms with Gasteiger partial charge in [0.05, 0.1) is 26.0 Å². The Morgan fingerprint density at radius 3 is 2.67 bits per heavy atom. The Kier molecular flexibility index (Phi) is 6.38. The minimum Gasteiger partial charge on any atom is -0.493 e. The third-order valence-electron chi connectivity index (χ3n) is 7.49. The zero-order valence-corrected chi connectivity index (χ0v) is 21.3. The maximum atomic E-state index is 14.0. The lowest BCUT2D eigenvalue weighted by molar-refractivity contribution is -0.166. The lowest BCUT2D eigenvalue weighted by Crippen LogP contribution is -2.67. The minimum absolute atomic E-state index is 0.0651. The molecule has 8 heteroatoms. The molecule has 2 aliphatic heterocycles. The summed E-state index contributed by atoms with van der Waals surface area (Å²) in [6.45, 7) is 5.74. The van der Waals surface area contributed by atoms with Gasteiger partial charge >= 0.3 is 0 Å². The van der Waals surface area contributed by atoms with Gasteiger partial charge in [-0.15, -0.1) is 0 Å². The fourth-order valence-corrected chi connectivity index (χ4v) is 5.80. The summed E-state index contributed by atoms with van der Waals surface area (Å²) in [4.78, 5) is 34.5. The Bertz CT molecular complexity index is 1300. The lowest BCUT2D eigenvalue weighted by atomic mass is 9.76. The number of nitrogens with one attached hydrogen (secondary N) is 1. The second kappa shape index (κ2) is 9.50. The van der Waals surface area contributed by atoms with Crippen LogP contribution in [-0.4, -0.2) is 73.7 Å². The van der Waals surface area contributed by atoms with E-state index in [1.54, 1.807) is 24.0 Å². The highest BCUT2D eigenvalue weighted by Gasteiger charge is 2.56. The molecule has 2 aromatic carbocycles. The van der Waals surface area contributed by atoms with Gasteiger partial charge in [0, 0.05) is 49.2 Å². The van der Waals surface area contributed by atoms with Crippen LogP contribution in [-0.2, 0) is 19.9 Å². The first kappa shape index (κ1) is 24.2.